The van der Waals surface area contributed by atoms with Crippen LogP contribution < -0.4 is 5.32 Å². The fourth-order valence-electron chi connectivity index (χ4n) is 3.74. The molecule has 0 aliphatic heterocycles. The van der Waals surface area contributed by atoms with E-state index < -0.39 is 0 Å². The van der Waals surface area contributed by atoms with Gasteiger partial charge in [-0.25, -0.2) is 0 Å². The van der Waals surface area contributed by atoms with Crippen molar-refractivity contribution in [2.24, 2.45) is 0 Å². The third kappa shape index (κ3) is 2.91. The fraction of sp³-hybridized carbons (Fsp3) is 0.667. The van der Waals surface area contributed by atoms with E-state index in [1.54, 1.807) is 0 Å². The van der Waals surface area contributed by atoms with Gasteiger partial charge in [0.25, 0.3) is 0 Å². The monoisotopic (exact) mass is 275 g/mol. The van der Waals surface area contributed by atoms with Gasteiger partial charge in [0.2, 0.25) is 0 Å². The smallest absolute Gasteiger partial charge is 0.0876 e. The first-order valence-electron chi connectivity index (χ1n) is 8.02. The first-order chi connectivity index (χ1) is 9.64. The highest BCUT2D eigenvalue weighted by atomic mass is 16.5. The average molecular weight is 275 g/mol. The molecule has 1 aromatic carbocycles. The standard InChI is InChI=1S/C18H29NO/c1-5-20-18(12-7-6-8-13-18)17(19-4)16-11-9-10-14(2)15(16)3/h9-11,17,19H,5-8,12-13H2,1-4H3. The van der Waals surface area contributed by atoms with E-state index >= 15 is 0 Å². The Kier molecular flexibility index (Phi) is 5.22. The van der Waals surface area contributed by atoms with Gasteiger partial charge in [-0.2, -0.15) is 0 Å². The Morgan fingerprint density at radius 3 is 2.50 bits per heavy atom. The van der Waals surface area contributed by atoms with Gasteiger partial charge in [-0.1, -0.05) is 37.5 Å². The van der Waals surface area contributed by atoms with Crippen LogP contribution in [0.1, 0.15) is 61.8 Å². The molecule has 0 bridgehead atoms. The minimum atomic E-state index is -0.0275. The molecule has 1 N–H and O–H groups in total. The minimum Gasteiger partial charge on any atom is -0.373 e. The molecule has 20 heavy (non-hydrogen) atoms. The largest absolute Gasteiger partial charge is 0.373 e. The Bertz CT molecular complexity index is 430. The van der Waals surface area contributed by atoms with Crippen molar-refractivity contribution < 1.29 is 4.74 Å². The van der Waals surface area contributed by atoms with Crippen LogP contribution in [0.3, 0.4) is 0 Å². The highest BCUT2D eigenvalue weighted by Crippen LogP contribution is 2.42. The summed E-state index contributed by atoms with van der Waals surface area (Å²) in [6.45, 7) is 7.34. The van der Waals surface area contributed by atoms with Crippen LogP contribution in [0.2, 0.25) is 0 Å². The van der Waals surface area contributed by atoms with E-state index in [2.05, 4.69) is 51.3 Å². The lowest BCUT2D eigenvalue weighted by Crippen LogP contribution is -2.47. The molecule has 1 unspecified atom stereocenters. The molecule has 2 nitrogen and oxygen atoms in total. The van der Waals surface area contributed by atoms with Crippen LogP contribution in [0.4, 0.5) is 0 Å². The van der Waals surface area contributed by atoms with Crippen LogP contribution in [0.25, 0.3) is 0 Å². The number of benzene rings is 1. The highest BCUT2D eigenvalue weighted by molar-refractivity contribution is 5.37. The fourth-order valence-corrected chi connectivity index (χ4v) is 3.74. The zero-order valence-corrected chi connectivity index (χ0v) is 13.5. The van der Waals surface area contributed by atoms with Crippen molar-refractivity contribution in [3.63, 3.8) is 0 Å². The molecule has 2 heteroatoms. The number of aryl methyl sites for hydroxylation is 1. The average Bonchev–Trinajstić information content (AvgIpc) is 2.45. The summed E-state index contributed by atoms with van der Waals surface area (Å²) in [7, 11) is 2.07. The zero-order valence-electron chi connectivity index (χ0n) is 13.5. The van der Waals surface area contributed by atoms with Crippen molar-refractivity contribution in [3.8, 4) is 0 Å². The minimum absolute atomic E-state index is 0.0275. The molecular formula is C18H29NO. The molecule has 0 radical (unpaired) electrons. The van der Waals surface area contributed by atoms with Gasteiger partial charge >= 0.3 is 0 Å². The summed E-state index contributed by atoms with van der Waals surface area (Å²) in [6.07, 6.45) is 6.24. The van der Waals surface area contributed by atoms with Crippen LogP contribution >= 0.6 is 0 Å². The third-order valence-corrected chi connectivity index (χ3v) is 4.90. The number of nitrogens with one attached hydrogen (secondary N) is 1. The van der Waals surface area contributed by atoms with Crippen molar-refractivity contribution in [3.05, 3.63) is 34.9 Å². The predicted octanol–water partition coefficient (Wildman–Crippen LogP) is 4.30. The molecule has 1 fully saturated rings. The van der Waals surface area contributed by atoms with Crippen molar-refractivity contribution in [1.29, 1.82) is 0 Å². The summed E-state index contributed by atoms with van der Waals surface area (Å²) in [6, 6.07) is 6.92. The molecule has 1 aromatic rings. The lowest BCUT2D eigenvalue weighted by atomic mass is 9.75. The van der Waals surface area contributed by atoms with Gasteiger partial charge in [-0.3, -0.25) is 0 Å². The molecule has 1 aliphatic carbocycles. The van der Waals surface area contributed by atoms with E-state index in [0.29, 0.717) is 6.04 Å². The molecule has 0 amide bonds. The lowest BCUT2D eigenvalue weighted by Gasteiger charge is -2.44. The molecule has 1 atom stereocenters. The van der Waals surface area contributed by atoms with Crippen LogP contribution in [0.5, 0.6) is 0 Å². The summed E-state index contributed by atoms with van der Waals surface area (Å²) in [5.41, 5.74) is 4.14. The Hall–Kier alpha value is -0.860. The molecular weight excluding hydrogens is 246 g/mol. The number of ether oxygens (including phenoxy) is 1. The van der Waals surface area contributed by atoms with E-state index in [4.69, 9.17) is 4.74 Å². The maximum Gasteiger partial charge on any atom is 0.0876 e. The van der Waals surface area contributed by atoms with Gasteiger partial charge < -0.3 is 10.1 Å². The molecule has 0 heterocycles. The lowest BCUT2D eigenvalue weighted by molar-refractivity contribution is -0.0899. The second-order valence-electron chi connectivity index (χ2n) is 6.07. The van der Waals surface area contributed by atoms with Gasteiger partial charge in [-0.15, -0.1) is 0 Å². The SMILES string of the molecule is CCOC1(C(NC)c2cccc(C)c2C)CCCCC1. The third-order valence-electron chi connectivity index (χ3n) is 4.90. The van der Waals surface area contributed by atoms with Crippen molar-refractivity contribution in [2.75, 3.05) is 13.7 Å². The Balaban J connectivity index is 2.39. The molecule has 1 saturated carbocycles. The van der Waals surface area contributed by atoms with E-state index in [9.17, 15) is 0 Å². The van der Waals surface area contributed by atoms with Crippen LogP contribution in [-0.4, -0.2) is 19.3 Å². The Morgan fingerprint density at radius 2 is 1.90 bits per heavy atom. The number of hydrogen-bond acceptors (Lipinski definition) is 2. The molecule has 112 valence electrons. The normalized spacial score (nSPS) is 19.8. The van der Waals surface area contributed by atoms with Crippen molar-refractivity contribution in [2.45, 2.75) is 64.5 Å². The van der Waals surface area contributed by atoms with Gasteiger partial charge in [0.15, 0.2) is 0 Å². The summed E-state index contributed by atoms with van der Waals surface area (Å²) in [5, 5.41) is 3.56. The maximum atomic E-state index is 6.31. The van der Waals surface area contributed by atoms with Crippen molar-refractivity contribution >= 4 is 0 Å². The van der Waals surface area contributed by atoms with E-state index in [0.717, 1.165) is 6.61 Å². The van der Waals surface area contributed by atoms with Crippen LogP contribution in [0.15, 0.2) is 18.2 Å². The topological polar surface area (TPSA) is 21.3 Å². The summed E-state index contributed by atoms with van der Waals surface area (Å²) < 4.78 is 6.31. The molecule has 0 spiro atoms. The summed E-state index contributed by atoms with van der Waals surface area (Å²) in [5.74, 6) is 0. The Morgan fingerprint density at radius 1 is 1.20 bits per heavy atom. The van der Waals surface area contributed by atoms with Gasteiger partial charge in [-0.05, 0) is 57.4 Å². The van der Waals surface area contributed by atoms with Crippen LogP contribution in [0, 0.1) is 13.8 Å². The van der Waals surface area contributed by atoms with E-state index in [-0.39, 0.29) is 5.60 Å². The van der Waals surface area contributed by atoms with Crippen molar-refractivity contribution in [1.82, 2.24) is 5.32 Å². The Labute approximate surface area is 123 Å². The number of hydrogen-bond donors (Lipinski definition) is 1. The summed E-state index contributed by atoms with van der Waals surface area (Å²) >= 11 is 0. The predicted molar refractivity (Wildman–Crippen MR) is 85.2 cm³/mol. The first-order valence-corrected chi connectivity index (χ1v) is 8.02. The van der Waals surface area contributed by atoms with E-state index in [1.807, 2.05) is 0 Å². The molecule has 0 saturated heterocycles. The summed E-state index contributed by atoms with van der Waals surface area (Å²) in [4.78, 5) is 0. The van der Waals surface area contributed by atoms with Gasteiger partial charge in [0.1, 0.15) is 0 Å². The molecule has 1 aliphatic rings. The second-order valence-corrected chi connectivity index (χ2v) is 6.07. The van der Waals surface area contributed by atoms with Gasteiger partial charge in [0, 0.05) is 6.61 Å². The van der Waals surface area contributed by atoms with Gasteiger partial charge in [0.05, 0.1) is 11.6 Å². The highest BCUT2D eigenvalue weighted by Gasteiger charge is 2.41. The number of rotatable bonds is 5. The first kappa shape index (κ1) is 15.5. The number of likely N-dealkylation sites (N-methyl/N-ethyl adjacent to an activating group) is 1. The quantitative estimate of drug-likeness (QED) is 0.865. The zero-order chi connectivity index (χ0) is 14.6. The molecule has 2 rings (SSSR count). The maximum absolute atomic E-state index is 6.31. The van der Waals surface area contributed by atoms with E-state index in [1.165, 1.54) is 48.8 Å². The second kappa shape index (κ2) is 6.73. The molecule has 0 aromatic heterocycles. The van der Waals surface area contributed by atoms with Crippen LogP contribution in [-0.2, 0) is 4.74 Å².